The van der Waals surface area contributed by atoms with Gasteiger partial charge in [-0.2, -0.15) is 0 Å². The molecule has 6 rings (SSSR count). The van der Waals surface area contributed by atoms with Crippen molar-refractivity contribution in [3.8, 4) is 11.5 Å². The minimum absolute atomic E-state index is 0.0380. The van der Waals surface area contributed by atoms with E-state index in [0.717, 1.165) is 57.3 Å². The largest absolute Gasteiger partial charge is 0.504 e. The fourth-order valence-electron chi connectivity index (χ4n) is 7.83. The summed E-state index contributed by atoms with van der Waals surface area (Å²) in [4.78, 5) is 2.40. The predicted molar refractivity (Wildman–Crippen MR) is 138 cm³/mol. The van der Waals surface area contributed by atoms with Crippen LogP contribution in [-0.2, 0) is 24.8 Å². The molecule has 0 aromatic heterocycles. The summed E-state index contributed by atoms with van der Waals surface area (Å²) >= 11 is 0. The number of aliphatic hydroxyl groups is 1. The number of hydrogen-bond donors (Lipinski definition) is 3. The second-order valence-corrected chi connectivity index (χ2v) is 11.5. The zero-order valence-electron chi connectivity index (χ0n) is 21.0. The van der Waals surface area contributed by atoms with Gasteiger partial charge >= 0.3 is 0 Å². The molecule has 186 valence electrons. The monoisotopic (exact) mass is 474 g/mol. The van der Waals surface area contributed by atoms with Gasteiger partial charge in [0.25, 0.3) is 0 Å². The van der Waals surface area contributed by atoms with E-state index in [1.165, 1.54) is 16.7 Å². The summed E-state index contributed by atoms with van der Waals surface area (Å²) in [6.45, 7) is 10.9. The van der Waals surface area contributed by atoms with Crippen LogP contribution in [0.1, 0.15) is 55.4 Å². The third-order valence-corrected chi connectivity index (χ3v) is 9.24. The summed E-state index contributed by atoms with van der Waals surface area (Å²) in [6, 6.07) is 12.7. The Labute approximate surface area is 208 Å². The summed E-state index contributed by atoms with van der Waals surface area (Å²) in [6.07, 6.45) is 5.99. The number of aromatic hydroxyl groups is 1. The van der Waals surface area contributed by atoms with Crippen molar-refractivity contribution in [3.05, 3.63) is 71.3 Å². The Balaban J connectivity index is 1.36. The molecule has 1 spiro atoms. The summed E-state index contributed by atoms with van der Waals surface area (Å²) in [7, 11) is 0. The molecule has 2 heterocycles. The van der Waals surface area contributed by atoms with Gasteiger partial charge in [-0.15, -0.1) is 6.58 Å². The van der Waals surface area contributed by atoms with Crippen molar-refractivity contribution in [2.24, 2.45) is 5.92 Å². The zero-order valence-corrected chi connectivity index (χ0v) is 21.0. The first kappa shape index (κ1) is 23.1. The third kappa shape index (κ3) is 3.24. The van der Waals surface area contributed by atoms with Crippen LogP contribution in [-0.4, -0.2) is 52.0 Å². The molecule has 1 saturated carbocycles. The second-order valence-electron chi connectivity index (χ2n) is 11.5. The van der Waals surface area contributed by atoms with E-state index >= 15 is 0 Å². The van der Waals surface area contributed by atoms with Crippen LogP contribution in [0.3, 0.4) is 0 Å². The Morgan fingerprint density at radius 2 is 2.00 bits per heavy atom. The van der Waals surface area contributed by atoms with Gasteiger partial charge in [-0.05, 0) is 67.3 Å². The van der Waals surface area contributed by atoms with Gasteiger partial charge in [0.1, 0.15) is 6.10 Å². The highest BCUT2D eigenvalue weighted by Crippen LogP contribution is 2.65. The summed E-state index contributed by atoms with van der Waals surface area (Å²) in [5.74, 6) is 1.41. The molecule has 5 nitrogen and oxygen atoms in total. The van der Waals surface area contributed by atoms with Gasteiger partial charge in [0, 0.05) is 30.7 Å². The topological polar surface area (TPSA) is 65.0 Å². The van der Waals surface area contributed by atoms with Gasteiger partial charge < -0.3 is 20.3 Å². The maximum Gasteiger partial charge on any atom is 0.165 e. The summed E-state index contributed by atoms with van der Waals surface area (Å²) in [5, 5.41) is 27.1. The third-order valence-electron chi connectivity index (χ3n) is 9.24. The van der Waals surface area contributed by atoms with Gasteiger partial charge in [-0.3, -0.25) is 4.90 Å². The number of phenols is 1. The fourth-order valence-corrected chi connectivity index (χ4v) is 7.83. The van der Waals surface area contributed by atoms with E-state index in [2.05, 4.69) is 54.9 Å². The minimum Gasteiger partial charge on any atom is -0.504 e. The molecule has 0 amide bonds. The molecule has 3 N–H and O–H groups in total. The Kier molecular flexibility index (Phi) is 5.51. The van der Waals surface area contributed by atoms with E-state index < -0.39 is 11.0 Å². The van der Waals surface area contributed by atoms with Crippen LogP contribution < -0.4 is 10.1 Å². The highest BCUT2D eigenvalue weighted by Gasteiger charge is 2.72. The fraction of sp³-hybridized carbons (Fsp3) is 0.533. The maximum absolute atomic E-state index is 12.5. The number of nitrogens with one attached hydrogen (secondary N) is 1. The van der Waals surface area contributed by atoms with Crippen molar-refractivity contribution in [1.29, 1.82) is 0 Å². The first-order valence-corrected chi connectivity index (χ1v) is 13.3. The molecule has 2 bridgehead atoms. The van der Waals surface area contributed by atoms with E-state index in [1.54, 1.807) is 6.07 Å². The van der Waals surface area contributed by atoms with E-state index in [4.69, 9.17) is 4.74 Å². The number of ether oxygens (including phenoxy) is 1. The molecule has 5 atom stereocenters. The lowest BCUT2D eigenvalue weighted by molar-refractivity contribution is -0.189. The van der Waals surface area contributed by atoms with Crippen molar-refractivity contribution in [2.45, 2.75) is 81.7 Å². The number of nitrogens with zero attached hydrogens (tertiary/aromatic N) is 1. The highest BCUT2D eigenvalue weighted by molar-refractivity contribution is 5.62. The predicted octanol–water partition coefficient (Wildman–Crippen LogP) is 4.09. The molecule has 1 saturated heterocycles. The van der Waals surface area contributed by atoms with Crippen molar-refractivity contribution in [2.75, 3.05) is 13.1 Å². The molecule has 0 unspecified atom stereocenters. The molecule has 2 aliphatic heterocycles. The lowest BCUT2D eigenvalue weighted by Gasteiger charge is -2.64. The van der Waals surface area contributed by atoms with Crippen LogP contribution in [0.25, 0.3) is 0 Å². The molecular formula is C30H38N2O3. The van der Waals surface area contributed by atoms with Crippen LogP contribution in [0.15, 0.2) is 49.1 Å². The van der Waals surface area contributed by atoms with E-state index in [0.29, 0.717) is 11.7 Å². The SMILES string of the molecule is C=CCN1CC[C@]23c4c5ccc(O)c4O[C@H]2[C@H](NCc2ccccc2CC(C)C)CC[C@@]3(O)[C@H]1C5. The summed E-state index contributed by atoms with van der Waals surface area (Å²) in [5.41, 5.74) is 3.65. The minimum atomic E-state index is -0.876. The van der Waals surface area contributed by atoms with Crippen LogP contribution in [0, 0.1) is 5.92 Å². The quantitative estimate of drug-likeness (QED) is 0.528. The number of rotatable bonds is 7. The highest BCUT2D eigenvalue weighted by atomic mass is 16.5. The Morgan fingerprint density at radius 1 is 1.20 bits per heavy atom. The number of likely N-dealkylation sites (tertiary alicyclic amines) is 1. The van der Waals surface area contributed by atoms with Crippen molar-refractivity contribution < 1.29 is 14.9 Å². The van der Waals surface area contributed by atoms with Gasteiger partial charge in [-0.1, -0.05) is 50.3 Å². The average Bonchev–Trinajstić information content (AvgIpc) is 3.18. The molecule has 2 fully saturated rings. The normalized spacial score (nSPS) is 32.9. The molecule has 35 heavy (non-hydrogen) atoms. The zero-order chi connectivity index (χ0) is 24.4. The number of hydrogen-bond acceptors (Lipinski definition) is 5. The van der Waals surface area contributed by atoms with Crippen molar-refractivity contribution in [1.82, 2.24) is 10.2 Å². The number of piperidine rings is 1. The standard InChI is InChI=1S/C30H38N2O3/c1-4-14-32-15-13-29-26-21-9-10-24(33)27(26)35-28(29)23(11-12-30(29,34)25(32)17-21)31-18-22-8-6-5-7-20(22)16-19(2)3/h4-10,19,23,25,28,31,33-34H,1,11-18H2,2-3H3/t23-,25-,28+,29+,30-/m1/s1. The van der Waals surface area contributed by atoms with Crippen molar-refractivity contribution >= 4 is 0 Å². The molecule has 4 aliphatic rings. The van der Waals surface area contributed by atoms with Crippen LogP contribution in [0.5, 0.6) is 11.5 Å². The molecule has 2 aliphatic carbocycles. The van der Waals surface area contributed by atoms with Gasteiger partial charge in [0.15, 0.2) is 11.5 Å². The Bertz CT molecular complexity index is 1150. The molecule has 2 aromatic rings. The van der Waals surface area contributed by atoms with Gasteiger partial charge in [0.2, 0.25) is 0 Å². The lowest BCUT2D eigenvalue weighted by atomic mass is 9.48. The van der Waals surface area contributed by atoms with Crippen molar-refractivity contribution in [3.63, 3.8) is 0 Å². The molecule has 0 radical (unpaired) electrons. The van der Waals surface area contributed by atoms with Gasteiger partial charge in [0.05, 0.1) is 11.0 Å². The molecule has 5 heteroatoms. The smallest absolute Gasteiger partial charge is 0.165 e. The van der Waals surface area contributed by atoms with Crippen LogP contribution in [0.2, 0.25) is 0 Å². The van der Waals surface area contributed by atoms with E-state index in [9.17, 15) is 10.2 Å². The van der Waals surface area contributed by atoms with E-state index in [-0.39, 0.29) is 23.9 Å². The Hall–Kier alpha value is -2.34. The first-order chi connectivity index (χ1) is 16.9. The first-order valence-electron chi connectivity index (χ1n) is 13.3. The maximum atomic E-state index is 12.5. The molecule has 2 aromatic carbocycles. The lowest BCUT2D eigenvalue weighted by Crippen LogP contribution is -2.78. The number of phenolic OH excluding ortho intramolecular Hbond substituents is 1. The second kappa shape index (κ2) is 8.36. The number of benzene rings is 2. The van der Waals surface area contributed by atoms with E-state index in [1.807, 2.05) is 12.1 Å². The Morgan fingerprint density at radius 3 is 2.77 bits per heavy atom. The average molecular weight is 475 g/mol. The van der Waals surface area contributed by atoms with Crippen LogP contribution >= 0.6 is 0 Å². The summed E-state index contributed by atoms with van der Waals surface area (Å²) < 4.78 is 6.65. The van der Waals surface area contributed by atoms with Gasteiger partial charge in [-0.25, -0.2) is 0 Å². The van der Waals surface area contributed by atoms with Crippen LogP contribution in [0.4, 0.5) is 0 Å². The molecular weight excluding hydrogens is 436 g/mol.